The first-order chi connectivity index (χ1) is 14.6. The van der Waals surface area contributed by atoms with Crippen LogP contribution < -0.4 is 4.74 Å². The fourth-order valence-corrected chi connectivity index (χ4v) is 4.64. The van der Waals surface area contributed by atoms with E-state index in [1.54, 1.807) is 7.11 Å². The molecule has 0 amide bonds. The molecule has 164 valence electrons. The second-order valence-electron chi connectivity index (χ2n) is 8.71. The molecule has 3 rings (SSSR count). The first-order valence-corrected chi connectivity index (χ1v) is 11.6. The number of aliphatic hydroxyl groups is 1. The molecule has 1 aromatic carbocycles. The fraction of sp³-hybridized carbons (Fsp3) is 0.577. The molecule has 0 unspecified atom stereocenters. The van der Waals surface area contributed by atoms with Crippen molar-refractivity contribution in [3.8, 4) is 5.75 Å². The zero-order valence-corrected chi connectivity index (χ0v) is 18.7. The van der Waals surface area contributed by atoms with Crippen LogP contribution >= 0.6 is 0 Å². The average Bonchev–Trinajstić information content (AvgIpc) is 2.78. The molecule has 0 spiro atoms. The highest BCUT2D eigenvalue weighted by molar-refractivity contribution is 5.80. The van der Waals surface area contributed by atoms with Crippen molar-refractivity contribution in [1.29, 1.82) is 0 Å². The Labute approximate surface area is 182 Å². The topological polar surface area (TPSA) is 45.6 Å². The summed E-state index contributed by atoms with van der Waals surface area (Å²) in [5.41, 5.74) is 1.65. The first-order valence-electron chi connectivity index (χ1n) is 11.6. The number of likely N-dealkylation sites (tertiary alicyclic amines) is 1. The lowest BCUT2D eigenvalue weighted by Gasteiger charge is -2.38. The molecular weight excluding hydrogens is 372 g/mol. The molecule has 1 fully saturated rings. The van der Waals surface area contributed by atoms with E-state index in [1.807, 2.05) is 30.3 Å². The number of pyridine rings is 1. The maximum absolute atomic E-state index is 10.9. The van der Waals surface area contributed by atoms with E-state index < -0.39 is 6.10 Å². The monoisotopic (exact) mass is 410 g/mol. The molecule has 2 aromatic rings. The molecule has 1 saturated heterocycles. The number of methoxy groups -OCH3 is 1. The lowest BCUT2D eigenvalue weighted by molar-refractivity contribution is 0.0818. The number of benzene rings is 1. The zero-order valence-electron chi connectivity index (χ0n) is 18.7. The predicted octanol–water partition coefficient (Wildman–Crippen LogP) is 5.76. The van der Waals surface area contributed by atoms with Gasteiger partial charge in [0.25, 0.3) is 0 Å². The summed E-state index contributed by atoms with van der Waals surface area (Å²) >= 11 is 0. The summed E-state index contributed by atoms with van der Waals surface area (Å²) in [5, 5.41) is 11.9. The van der Waals surface area contributed by atoms with Crippen LogP contribution in [0.4, 0.5) is 0 Å². The van der Waals surface area contributed by atoms with Crippen molar-refractivity contribution in [2.24, 2.45) is 11.8 Å². The van der Waals surface area contributed by atoms with Gasteiger partial charge in [0.1, 0.15) is 5.75 Å². The van der Waals surface area contributed by atoms with Gasteiger partial charge in [-0.25, -0.2) is 0 Å². The minimum Gasteiger partial charge on any atom is -0.497 e. The SMILES string of the molecule is C=C[C@H]1CN(CCCCCCC)CC[C@H]1C[C@@H](O)c1ccc2cc(OC)ccc2n1. The standard InChI is InChI=1S/C26H38N2O2/c1-4-6-7-8-9-15-28-16-14-21(20(5-2)19-28)18-26(29)25-12-10-22-17-23(30-3)11-13-24(22)27-25/h5,10-13,17,20-21,26,29H,2,4,6-9,14-16,18-19H2,1,3H3/t20-,21-,26+/m0/s1. The summed E-state index contributed by atoms with van der Waals surface area (Å²) in [6.07, 6.45) is 10.1. The third kappa shape index (κ3) is 6.05. The van der Waals surface area contributed by atoms with Gasteiger partial charge in [-0.05, 0) is 68.5 Å². The molecule has 30 heavy (non-hydrogen) atoms. The van der Waals surface area contributed by atoms with Crippen LogP contribution in [-0.2, 0) is 0 Å². The normalized spacial score (nSPS) is 20.9. The van der Waals surface area contributed by atoms with Gasteiger partial charge in [-0.2, -0.15) is 0 Å². The fourth-order valence-electron chi connectivity index (χ4n) is 4.64. The first kappa shape index (κ1) is 22.8. The summed E-state index contributed by atoms with van der Waals surface area (Å²) in [6, 6.07) is 9.81. The van der Waals surface area contributed by atoms with E-state index in [1.165, 1.54) is 38.6 Å². The minimum absolute atomic E-state index is 0.439. The average molecular weight is 411 g/mol. The number of aromatic nitrogens is 1. The quantitative estimate of drug-likeness (QED) is 0.378. The maximum atomic E-state index is 10.9. The predicted molar refractivity (Wildman–Crippen MR) is 125 cm³/mol. The number of rotatable bonds is 11. The van der Waals surface area contributed by atoms with Crippen LogP contribution in [0.3, 0.4) is 0 Å². The lowest BCUT2D eigenvalue weighted by Crippen LogP contribution is -2.40. The van der Waals surface area contributed by atoms with E-state index in [0.29, 0.717) is 11.8 Å². The number of hydrogen-bond donors (Lipinski definition) is 1. The molecular formula is C26H38N2O2. The Bertz CT molecular complexity index is 807. The van der Waals surface area contributed by atoms with Gasteiger partial charge in [0.2, 0.25) is 0 Å². The molecule has 2 heterocycles. The summed E-state index contributed by atoms with van der Waals surface area (Å²) in [5.74, 6) is 1.72. The third-order valence-corrected chi connectivity index (χ3v) is 6.56. The molecule has 0 aliphatic carbocycles. The van der Waals surface area contributed by atoms with Crippen LogP contribution in [0, 0.1) is 11.8 Å². The van der Waals surface area contributed by atoms with Crippen LogP contribution in [0.2, 0.25) is 0 Å². The van der Waals surface area contributed by atoms with Gasteiger partial charge >= 0.3 is 0 Å². The van der Waals surface area contributed by atoms with Crippen molar-refractivity contribution >= 4 is 10.9 Å². The Kier molecular flexibility index (Phi) is 8.71. The highest BCUT2D eigenvalue weighted by Gasteiger charge is 2.29. The second-order valence-corrected chi connectivity index (χ2v) is 8.71. The van der Waals surface area contributed by atoms with Crippen molar-refractivity contribution in [2.45, 2.75) is 58.0 Å². The van der Waals surface area contributed by atoms with Gasteiger partial charge < -0.3 is 14.7 Å². The highest BCUT2D eigenvalue weighted by Crippen LogP contribution is 2.33. The number of fused-ring (bicyclic) bond motifs is 1. The molecule has 0 bridgehead atoms. The van der Waals surface area contributed by atoms with Gasteiger partial charge in [0.15, 0.2) is 0 Å². The molecule has 1 aliphatic heterocycles. The van der Waals surface area contributed by atoms with Gasteiger partial charge in [-0.3, -0.25) is 4.98 Å². The van der Waals surface area contributed by atoms with Crippen LogP contribution in [0.15, 0.2) is 43.0 Å². The summed E-state index contributed by atoms with van der Waals surface area (Å²) in [4.78, 5) is 7.29. The molecule has 0 saturated carbocycles. The molecule has 4 nitrogen and oxygen atoms in total. The third-order valence-electron chi connectivity index (χ3n) is 6.56. The lowest BCUT2D eigenvalue weighted by atomic mass is 9.81. The Hall–Kier alpha value is -1.91. The van der Waals surface area contributed by atoms with Crippen LogP contribution in [0.25, 0.3) is 10.9 Å². The van der Waals surface area contributed by atoms with Gasteiger partial charge in [0, 0.05) is 11.9 Å². The molecule has 0 radical (unpaired) electrons. The maximum Gasteiger partial charge on any atom is 0.119 e. The smallest absolute Gasteiger partial charge is 0.119 e. The minimum atomic E-state index is -0.537. The van der Waals surface area contributed by atoms with Gasteiger partial charge in [-0.1, -0.05) is 44.7 Å². The molecule has 1 aliphatic rings. The van der Waals surface area contributed by atoms with Crippen LogP contribution in [0.1, 0.15) is 63.7 Å². The Morgan fingerprint density at radius 1 is 1.23 bits per heavy atom. The van der Waals surface area contributed by atoms with Crippen molar-refractivity contribution < 1.29 is 9.84 Å². The summed E-state index contributed by atoms with van der Waals surface area (Å²) in [7, 11) is 1.67. The number of nitrogens with zero attached hydrogens (tertiary/aromatic N) is 2. The van der Waals surface area contributed by atoms with E-state index in [2.05, 4.69) is 24.5 Å². The Morgan fingerprint density at radius 3 is 2.83 bits per heavy atom. The van der Waals surface area contributed by atoms with Crippen molar-refractivity contribution in [3.05, 3.63) is 48.7 Å². The van der Waals surface area contributed by atoms with E-state index in [4.69, 9.17) is 9.72 Å². The molecule has 3 atom stereocenters. The number of ether oxygens (including phenoxy) is 1. The highest BCUT2D eigenvalue weighted by atomic mass is 16.5. The number of hydrogen-bond acceptors (Lipinski definition) is 4. The number of unbranched alkanes of at least 4 members (excludes halogenated alkanes) is 4. The van der Waals surface area contributed by atoms with Crippen LogP contribution in [-0.4, -0.2) is 41.7 Å². The van der Waals surface area contributed by atoms with E-state index >= 15 is 0 Å². The molecule has 1 aromatic heterocycles. The molecule has 4 heteroatoms. The zero-order chi connectivity index (χ0) is 21.3. The van der Waals surface area contributed by atoms with E-state index in [9.17, 15) is 5.11 Å². The largest absolute Gasteiger partial charge is 0.497 e. The Balaban J connectivity index is 1.55. The van der Waals surface area contributed by atoms with E-state index in [0.717, 1.165) is 48.3 Å². The molecule has 1 N–H and O–H groups in total. The van der Waals surface area contributed by atoms with Crippen molar-refractivity contribution in [2.75, 3.05) is 26.7 Å². The number of piperidine rings is 1. The van der Waals surface area contributed by atoms with Gasteiger partial charge in [-0.15, -0.1) is 6.58 Å². The van der Waals surface area contributed by atoms with E-state index in [-0.39, 0.29) is 0 Å². The van der Waals surface area contributed by atoms with Crippen molar-refractivity contribution in [1.82, 2.24) is 9.88 Å². The number of aliphatic hydroxyl groups excluding tert-OH is 1. The van der Waals surface area contributed by atoms with Crippen LogP contribution in [0.5, 0.6) is 5.75 Å². The second kappa shape index (κ2) is 11.5. The Morgan fingerprint density at radius 2 is 2.07 bits per heavy atom. The summed E-state index contributed by atoms with van der Waals surface area (Å²) < 4.78 is 5.28. The van der Waals surface area contributed by atoms with Crippen molar-refractivity contribution in [3.63, 3.8) is 0 Å². The van der Waals surface area contributed by atoms with Gasteiger partial charge in [0.05, 0.1) is 24.4 Å². The summed E-state index contributed by atoms with van der Waals surface area (Å²) in [6.45, 7) is 9.74.